The predicted molar refractivity (Wildman–Crippen MR) is 41.6 cm³/mol. The zero-order valence-corrected chi connectivity index (χ0v) is 6.13. The monoisotopic (exact) mass is 174 g/mol. The van der Waals surface area contributed by atoms with Crippen LogP contribution in [0.5, 0.6) is 0 Å². The molecule has 66 valence electrons. The Morgan fingerprint density at radius 1 is 1.33 bits per heavy atom. The maximum Gasteiger partial charge on any atom is 0.364 e. The lowest BCUT2D eigenvalue weighted by molar-refractivity contribution is -0.105. The lowest BCUT2D eigenvalue weighted by Gasteiger charge is -2.07. The van der Waals surface area contributed by atoms with Crippen molar-refractivity contribution in [1.82, 2.24) is 0 Å². The molecule has 0 bridgehead atoms. The molecular formula is C7H8F2N2O. The predicted octanol–water partition coefficient (Wildman–Crippen LogP) is 1.83. The highest BCUT2D eigenvalue weighted by atomic mass is 19.3. The molecule has 0 aromatic heterocycles. The quantitative estimate of drug-likeness (QED) is 0.542. The first-order valence-electron chi connectivity index (χ1n) is 3.24. The van der Waals surface area contributed by atoms with Crippen LogP contribution in [0.25, 0.3) is 0 Å². The molecule has 0 radical (unpaired) electrons. The van der Waals surface area contributed by atoms with Gasteiger partial charge < -0.3 is 5.73 Å². The number of nitrogen functional groups attached to an aromatic ring is 1. The van der Waals surface area contributed by atoms with E-state index in [-0.39, 0.29) is 0 Å². The number of halogens is 2. The Labute approximate surface area is 68.1 Å². The number of benzene rings is 1. The lowest BCUT2D eigenvalue weighted by atomic mass is 10.3. The van der Waals surface area contributed by atoms with Crippen LogP contribution in [-0.2, 0) is 4.84 Å². The van der Waals surface area contributed by atoms with Crippen LogP contribution in [0.3, 0.4) is 0 Å². The molecule has 0 aliphatic heterocycles. The molecule has 12 heavy (non-hydrogen) atoms. The van der Waals surface area contributed by atoms with Gasteiger partial charge in [-0.05, 0) is 12.1 Å². The summed E-state index contributed by atoms with van der Waals surface area (Å²) in [4.78, 5) is 3.85. The van der Waals surface area contributed by atoms with Gasteiger partial charge in [-0.1, -0.05) is 12.1 Å². The molecule has 3 nitrogen and oxygen atoms in total. The van der Waals surface area contributed by atoms with Crippen molar-refractivity contribution in [2.45, 2.75) is 6.61 Å². The van der Waals surface area contributed by atoms with Crippen LogP contribution in [0.2, 0.25) is 0 Å². The van der Waals surface area contributed by atoms with Gasteiger partial charge in [0.15, 0.2) is 0 Å². The molecule has 1 aromatic carbocycles. The van der Waals surface area contributed by atoms with E-state index < -0.39 is 6.61 Å². The zero-order valence-electron chi connectivity index (χ0n) is 6.13. The topological polar surface area (TPSA) is 47.3 Å². The van der Waals surface area contributed by atoms with Gasteiger partial charge >= 0.3 is 6.61 Å². The Hall–Kier alpha value is -1.36. The molecule has 1 aromatic rings. The highest BCUT2D eigenvalue weighted by Gasteiger charge is 2.02. The van der Waals surface area contributed by atoms with Crippen molar-refractivity contribution in [3.8, 4) is 0 Å². The smallest absolute Gasteiger partial charge is 0.364 e. The maximum atomic E-state index is 11.5. The molecule has 1 rings (SSSR count). The first-order valence-corrected chi connectivity index (χ1v) is 3.24. The standard InChI is InChI=1S/C7H8F2N2O/c8-7(9)12-11-6-4-2-1-3-5(6)10/h1-4,7,11H,10H2. The second-order valence-corrected chi connectivity index (χ2v) is 2.07. The number of hydrogen-bond donors (Lipinski definition) is 2. The van der Waals surface area contributed by atoms with Gasteiger partial charge in [0.05, 0.1) is 11.4 Å². The van der Waals surface area contributed by atoms with Crippen LogP contribution in [0.15, 0.2) is 24.3 Å². The highest BCUT2D eigenvalue weighted by Crippen LogP contribution is 2.17. The SMILES string of the molecule is Nc1ccccc1NOC(F)F. The van der Waals surface area contributed by atoms with Crippen molar-refractivity contribution in [3.05, 3.63) is 24.3 Å². The summed E-state index contributed by atoms with van der Waals surface area (Å²) in [5, 5.41) is 0. The van der Waals surface area contributed by atoms with Crippen molar-refractivity contribution in [1.29, 1.82) is 0 Å². The minimum Gasteiger partial charge on any atom is -0.397 e. The average molecular weight is 174 g/mol. The van der Waals surface area contributed by atoms with Crippen molar-refractivity contribution in [3.63, 3.8) is 0 Å². The normalized spacial score (nSPS) is 10.2. The molecule has 0 aliphatic carbocycles. The first-order chi connectivity index (χ1) is 5.70. The number of nitrogens with one attached hydrogen (secondary N) is 1. The van der Waals surface area contributed by atoms with Gasteiger partial charge in [0.2, 0.25) is 0 Å². The highest BCUT2D eigenvalue weighted by molar-refractivity contribution is 5.64. The van der Waals surface area contributed by atoms with Crippen molar-refractivity contribution >= 4 is 11.4 Å². The number of hydrogen-bond acceptors (Lipinski definition) is 3. The van der Waals surface area contributed by atoms with Crippen LogP contribution in [0, 0.1) is 0 Å². The van der Waals surface area contributed by atoms with E-state index in [1.807, 2.05) is 5.48 Å². The second-order valence-electron chi connectivity index (χ2n) is 2.07. The van der Waals surface area contributed by atoms with Crippen LogP contribution < -0.4 is 11.2 Å². The number of para-hydroxylation sites is 2. The van der Waals surface area contributed by atoms with E-state index in [0.717, 1.165) is 0 Å². The fraction of sp³-hybridized carbons (Fsp3) is 0.143. The van der Waals surface area contributed by atoms with Crippen molar-refractivity contribution < 1.29 is 13.6 Å². The van der Waals surface area contributed by atoms with Gasteiger partial charge in [0.25, 0.3) is 0 Å². The third kappa shape index (κ3) is 2.35. The molecule has 0 unspecified atom stereocenters. The minimum atomic E-state index is -2.86. The Balaban J connectivity index is 2.57. The number of anilines is 2. The molecule has 5 heteroatoms. The summed E-state index contributed by atoms with van der Waals surface area (Å²) in [5.41, 5.74) is 8.15. The van der Waals surface area contributed by atoms with E-state index in [4.69, 9.17) is 5.73 Å². The second kappa shape index (κ2) is 3.87. The third-order valence-electron chi connectivity index (χ3n) is 1.22. The summed E-state index contributed by atoms with van der Waals surface area (Å²) in [6.45, 7) is -2.86. The molecular weight excluding hydrogens is 166 g/mol. The van der Waals surface area contributed by atoms with Crippen molar-refractivity contribution in [2.24, 2.45) is 0 Å². The van der Waals surface area contributed by atoms with Gasteiger partial charge in [-0.3, -0.25) is 5.48 Å². The number of alkyl halides is 2. The van der Waals surface area contributed by atoms with E-state index in [0.29, 0.717) is 11.4 Å². The fourth-order valence-corrected chi connectivity index (χ4v) is 0.698. The molecule has 0 fully saturated rings. The molecule has 0 atom stereocenters. The summed E-state index contributed by atoms with van der Waals surface area (Å²) in [7, 11) is 0. The van der Waals surface area contributed by atoms with Gasteiger partial charge in [-0.15, -0.1) is 0 Å². The Bertz CT molecular complexity index is 255. The lowest BCUT2D eigenvalue weighted by Crippen LogP contribution is -2.07. The molecule has 0 saturated carbocycles. The van der Waals surface area contributed by atoms with Crippen LogP contribution >= 0.6 is 0 Å². The zero-order chi connectivity index (χ0) is 8.97. The van der Waals surface area contributed by atoms with Crippen LogP contribution in [-0.4, -0.2) is 6.61 Å². The Kier molecular flexibility index (Phi) is 2.82. The van der Waals surface area contributed by atoms with Gasteiger partial charge in [0.1, 0.15) is 0 Å². The maximum absolute atomic E-state index is 11.5. The largest absolute Gasteiger partial charge is 0.397 e. The van der Waals surface area contributed by atoms with E-state index in [1.54, 1.807) is 18.2 Å². The summed E-state index contributed by atoms with van der Waals surface area (Å²) >= 11 is 0. The summed E-state index contributed by atoms with van der Waals surface area (Å²) in [6, 6.07) is 6.48. The number of rotatable bonds is 3. The van der Waals surface area contributed by atoms with Gasteiger partial charge in [-0.25, -0.2) is 4.84 Å². The average Bonchev–Trinajstić information content (AvgIpc) is 2.03. The van der Waals surface area contributed by atoms with Crippen LogP contribution in [0.1, 0.15) is 0 Å². The van der Waals surface area contributed by atoms with E-state index in [9.17, 15) is 8.78 Å². The summed E-state index contributed by atoms with van der Waals surface area (Å²) < 4.78 is 23.1. The van der Waals surface area contributed by atoms with Crippen LogP contribution in [0.4, 0.5) is 20.2 Å². The molecule has 0 amide bonds. The molecule has 0 saturated heterocycles. The van der Waals surface area contributed by atoms with E-state index in [1.165, 1.54) is 6.07 Å². The van der Waals surface area contributed by atoms with Gasteiger partial charge in [-0.2, -0.15) is 8.78 Å². The minimum absolute atomic E-state index is 0.331. The molecule has 0 spiro atoms. The molecule has 0 heterocycles. The third-order valence-corrected chi connectivity index (χ3v) is 1.22. The summed E-state index contributed by atoms with van der Waals surface area (Å²) in [6.07, 6.45) is 0. The van der Waals surface area contributed by atoms with Crippen molar-refractivity contribution in [2.75, 3.05) is 11.2 Å². The fourth-order valence-electron chi connectivity index (χ4n) is 0.698. The molecule has 3 N–H and O–H groups in total. The Morgan fingerprint density at radius 2 is 2.00 bits per heavy atom. The van der Waals surface area contributed by atoms with Gasteiger partial charge in [0, 0.05) is 0 Å². The molecule has 0 aliphatic rings. The summed E-state index contributed by atoms with van der Waals surface area (Å²) in [5.74, 6) is 0. The number of nitrogens with two attached hydrogens (primary N) is 1. The Morgan fingerprint density at radius 3 is 2.58 bits per heavy atom. The first kappa shape index (κ1) is 8.73. The van der Waals surface area contributed by atoms with E-state index in [2.05, 4.69) is 4.84 Å². The van der Waals surface area contributed by atoms with E-state index >= 15 is 0 Å².